The molecule has 0 aromatic heterocycles. The van der Waals surface area contributed by atoms with E-state index in [0.717, 1.165) is 6.92 Å². The molecule has 214 valence electrons. The minimum absolute atomic E-state index is 0.164. The van der Waals surface area contributed by atoms with E-state index in [4.69, 9.17) is 16.3 Å². The smallest absolute Gasteiger partial charge is 0.416 e. The summed E-state index contributed by atoms with van der Waals surface area (Å²) in [5.41, 5.74) is -7.16. The highest BCUT2D eigenvalue weighted by Gasteiger charge is 2.63. The molecule has 2 aromatic rings. The molecule has 0 spiro atoms. The van der Waals surface area contributed by atoms with Crippen LogP contribution >= 0.6 is 11.6 Å². The molecule has 3 nitrogen and oxygen atoms in total. The summed E-state index contributed by atoms with van der Waals surface area (Å²) in [5, 5.41) is 0.200. The van der Waals surface area contributed by atoms with Gasteiger partial charge in [-0.1, -0.05) is 17.7 Å². The predicted molar refractivity (Wildman–Crippen MR) is 128 cm³/mol. The van der Waals surface area contributed by atoms with Crippen LogP contribution in [0.25, 0.3) is 0 Å². The Morgan fingerprint density at radius 3 is 1.97 bits per heavy atom. The lowest BCUT2D eigenvalue weighted by molar-refractivity contribution is -0.192. The molecular weight excluding hydrogens is 563 g/mol. The number of anilines is 1. The number of hydrogen-bond donors (Lipinski definition) is 0. The van der Waals surface area contributed by atoms with Gasteiger partial charge in [0.05, 0.1) is 24.1 Å². The van der Waals surface area contributed by atoms with Crippen LogP contribution in [0.3, 0.4) is 0 Å². The summed E-state index contributed by atoms with van der Waals surface area (Å²) in [6, 6.07) is 3.10. The SMILES string of the molecule is CC1N(c2ccc(CN=C3CC(C)(C)O3)c(Cl)c2)CCC1(c1cc(C(F)(F)F)cc(C(F)(F)F)c1)C(F)(F)F. The predicted octanol–water partition coefficient (Wildman–Crippen LogP) is 8.57. The molecule has 2 aromatic carbocycles. The Bertz CT molecular complexity index is 1240. The van der Waals surface area contributed by atoms with Crippen LogP contribution in [-0.2, 0) is 29.0 Å². The highest BCUT2D eigenvalue weighted by Crippen LogP contribution is 2.54. The number of rotatable bonds is 4. The van der Waals surface area contributed by atoms with Crippen LogP contribution in [0.5, 0.6) is 0 Å². The first kappa shape index (κ1) is 29.4. The Balaban J connectivity index is 1.70. The molecule has 2 heterocycles. The third-order valence-electron chi connectivity index (χ3n) is 7.30. The Labute approximate surface area is 223 Å². The van der Waals surface area contributed by atoms with Crippen molar-refractivity contribution in [1.29, 1.82) is 0 Å². The Kier molecular flexibility index (Phi) is 7.14. The van der Waals surface area contributed by atoms with Crippen LogP contribution in [0.4, 0.5) is 45.2 Å². The molecule has 2 saturated heterocycles. The molecule has 13 heteroatoms. The molecule has 0 bridgehead atoms. The van der Waals surface area contributed by atoms with Gasteiger partial charge in [-0.25, -0.2) is 0 Å². The number of nitrogens with zero attached hydrogens (tertiary/aromatic N) is 2. The van der Waals surface area contributed by atoms with Gasteiger partial charge in [-0.15, -0.1) is 0 Å². The normalized spacial score (nSPS) is 24.6. The second kappa shape index (κ2) is 9.49. The third-order valence-corrected chi connectivity index (χ3v) is 7.65. The zero-order valence-electron chi connectivity index (χ0n) is 21.0. The number of aliphatic imine (C=N–C) groups is 1. The van der Waals surface area contributed by atoms with Crippen molar-refractivity contribution in [3.05, 3.63) is 63.7 Å². The van der Waals surface area contributed by atoms with E-state index in [9.17, 15) is 39.5 Å². The van der Waals surface area contributed by atoms with E-state index in [2.05, 4.69) is 4.99 Å². The third kappa shape index (κ3) is 5.53. The van der Waals surface area contributed by atoms with Gasteiger partial charge in [0.15, 0.2) is 5.90 Å². The highest BCUT2D eigenvalue weighted by atomic mass is 35.5. The lowest BCUT2D eigenvalue weighted by Crippen LogP contribution is -2.51. The fraction of sp³-hybridized carbons (Fsp3) is 0.500. The van der Waals surface area contributed by atoms with Crippen molar-refractivity contribution in [3.8, 4) is 0 Å². The molecule has 2 aliphatic heterocycles. The van der Waals surface area contributed by atoms with Crippen LogP contribution < -0.4 is 4.90 Å². The van der Waals surface area contributed by atoms with Gasteiger partial charge >= 0.3 is 18.5 Å². The van der Waals surface area contributed by atoms with Gasteiger partial charge in [-0.05, 0) is 68.7 Å². The van der Waals surface area contributed by atoms with Crippen molar-refractivity contribution >= 4 is 23.2 Å². The molecule has 0 amide bonds. The van der Waals surface area contributed by atoms with Crippen molar-refractivity contribution in [2.24, 2.45) is 4.99 Å². The molecule has 0 saturated carbocycles. The molecule has 2 fully saturated rings. The van der Waals surface area contributed by atoms with Crippen molar-refractivity contribution in [2.45, 2.75) is 75.7 Å². The van der Waals surface area contributed by atoms with E-state index in [1.54, 1.807) is 6.07 Å². The lowest BCUT2D eigenvalue weighted by atomic mass is 9.73. The van der Waals surface area contributed by atoms with Crippen LogP contribution in [-0.4, -0.2) is 30.3 Å². The first-order valence-corrected chi connectivity index (χ1v) is 12.3. The second-order valence-electron chi connectivity index (χ2n) is 10.4. The van der Waals surface area contributed by atoms with Crippen molar-refractivity contribution in [1.82, 2.24) is 0 Å². The van der Waals surface area contributed by atoms with Crippen LogP contribution in [0.1, 0.15) is 55.9 Å². The van der Waals surface area contributed by atoms with Gasteiger partial charge in [0, 0.05) is 23.3 Å². The average Bonchev–Trinajstić information content (AvgIpc) is 3.13. The quantitative estimate of drug-likeness (QED) is 0.335. The summed E-state index contributed by atoms with van der Waals surface area (Å²) < 4.78 is 130. The first-order valence-electron chi connectivity index (χ1n) is 11.9. The van der Waals surface area contributed by atoms with E-state index in [-0.39, 0.29) is 47.6 Å². The molecule has 0 radical (unpaired) electrons. The maximum absolute atomic E-state index is 14.7. The summed E-state index contributed by atoms with van der Waals surface area (Å²) in [5.74, 6) is 0.544. The minimum atomic E-state index is -5.28. The molecule has 2 aliphatic rings. The molecule has 4 rings (SSSR count). The van der Waals surface area contributed by atoms with Crippen LogP contribution in [0.2, 0.25) is 5.02 Å². The molecule has 2 atom stereocenters. The Morgan fingerprint density at radius 1 is 0.949 bits per heavy atom. The van der Waals surface area contributed by atoms with E-state index in [1.165, 1.54) is 17.0 Å². The van der Waals surface area contributed by atoms with Crippen LogP contribution in [0, 0.1) is 0 Å². The zero-order valence-corrected chi connectivity index (χ0v) is 21.7. The van der Waals surface area contributed by atoms with Gasteiger partial charge in [0.1, 0.15) is 11.0 Å². The van der Waals surface area contributed by atoms with Gasteiger partial charge in [0.25, 0.3) is 0 Å². The molecule has 39 heavy (non-hydrogen) atoms. The fourth-order valence-electron chi connectivity index (χ4n) is 5.24. The zero-order chi connectivity index (χ0) is 29.2. The van der Waals surface area contributed by atoms with Crippen molar-refractivity contribution < 1.29 is 44.3 Å². The molecular formula is C26H24ClF9N2O. The van der Waals surface area contributed by atoms with E-state index in [1.807, 2.05) is 13.8 Å². The van der Waals surface area contributed by atoms with Gasteiger partial charge in [0.2, 0.25) is 0 Å². The maximum atomic E-state index is 14.7. The molecule has 2 unspecified atom stereocenters. The van der Waals surface area contributed by atoms with Gasteiger partial charge in [-0.3, -0.25) is 4.99 Å². The van der Waals surface area contributed by atoms with Crippen LogP contribution in [0.15, 0.2) is 41.4 Å². The number of hydrogen-bond acceptors (Lipinski definition) is 3. The second-order valence-corrected chi connectivity index (χ2v) is 10.8. The highest BCUT2D eigenvalue weighted by molar-refractivity contribution is 6.31. The topological polar surface area (TPSA) is 24.8 Å². The van der Waals surface area contributed by atoms with Gasteiger partial charge in [-0.2, -0.15) is 39.5 Å². The average molecular weight is 587 g/mol. The molecule has 0 aliphatic carbocycles. The largest absolute Gasteiger partial charge is 0.474 e. The Morgan fingerprint density at radius 2 is 1.51 bits per heavy atom. The summed E-state index contributed by atoms with van der Waals surface area (Å²) >= 11 is 6.37. The summed E-state index contributed by atoms with van der Waals surface area (Å²) in [7, 11) is 0. The number of benzene rings is 2. The Hall–Kier alpha value is -2.63. The lowest BCUT2D eigenvalue weighted by Gasteiger charge is -2.39. The van der Waals surface area contributed by atoms with E-state index < -0.39 is 53.1 Å². The van der Waals surface area contributed by atoms with Gasteiger partial charge < -0.3 is 9.64 Å². The summed E-state index contributed by atoms with van der Waals surface area (Å²) in [6.45, 7) is 4.82. The summed E-state index contributed by atoms with van der Waals surface area (Å²) in [4.78, 5) is 5.61. The number of halogens is 10. The monoisotopic (exact) mass is 586 g/mol. The number of ether oxygens (including phenoxy) is 1. The standard InChI is InChI=1S/C26H24ClF9N2O/c1-14-23(26(34,35)36,16-8-17(24(28,29)30)10-18(9-16)25(31,32)33)6-7-38(14)19-5-4-15(20(27)11-19)13-37-21-12-22(2,3)39-21/h4-5,8-11,14H,6-7,12-13H2,1-3H3. The number of alkyl halides is 9. The minimum Gasteiger partial charge on any atom is -0.474 e. The maximum Gasteiger partial charge on any atom is 0.416 e. The molecule has 0 N–H and O–H groups in total. The fourth-order valence-corrected chi connectivity index (χ4v) is 5.47. The summed E-state index contributed by atoms with van der Waals surface area (Å²) in [6.07, 6.45) is -15.8. The van der Waals surface area contributed by atoms with Crippen molar-refractivity contribution in [2.75, 3.05) is 11.4 Å². The van der Waals surface area contributed by atoms with E-state index in [0.29, 0.717) is 17.9 Å². The first-order chi connectivity index (χ1) is 17.7. The van der Waals surface area contributed by atoms with E-state index >= 15 is 0 Å². The van der Waals surface area contributed by atoms with Crippen molar-refractivity contribution in [3.63, 3.8) is 0 Å².